The number of alkyl halides is 18. The molecule has 2 amide bonds. The molecule has 60 heteroatoms. The van der Waals surface area contributed by atoms with E-state index < -0.39 is 325 Å². The molecule has 7 aliphatic carbocycles. The molecule has 0 spiro atoms. The van der Waals surface area contributed by atoms with Gasteiger partial charge < -0.3 is 48.5 Å². The molecule has 37 nitrogen and oxygen atoms in total. The van der Waals surface area contributed by atoms with Crippen molar-refractivity contribution in [1.29, 1.82) is 0 Å². The SMILES string of the molecule is CC(C)OC(=O)C1CCC(C(=O)OC(C)C)C(C(F)(F)C(F)(F)S(=O)(=O)O)C1.CCC(=O)C1CC(CC(F)(F)S(=O)(=O)O)C(C(=O)NC)C1.COC(=O)C1CCC(C(=O)OC)C(C(F)(F)C(F)(F)S(=O)(=O)O)C1.O=C(CC1CCCCC1)C1CC(C(=O)NC2CCCCC2)C(C(F)(F)C(F)(F)S(=O)(=O)O)C1.O=C(OC1CCOC1=O)C1CC(C(=O)OC2CCOC2=O)C(C(F)(F)C(F)(F)S(=O)(=O)O)C1.[CH3+].[CH3+].[CH3+].[CH3+].[CH3+]. The monoisotopic (exact) mass is 2220 g/mol. The van der Waals surface area contributed by atoms with Gasteiger partial charge in [-0.15, -0.1) is 0 Å². The molecule has 2 saturated heterocycles. The third-order valence-corrected chi connectivity index (χ3v) is 30.4. The number of methoxy groups -OCH3 is 2. The molecular weight excluding hydrogens is 2100 g/mol. The Bertz CT molecular complexity index is 4990. The Morgan fingerprint density at radius 2 is 0.715 bits per heavy atom. The lowest BCUT2D eigenvalue weighted by Crippen LogP contribution is -2.56. The number of carbonyl (C=O) groups is 12. The first kappa shape index (κ1) is 136. The van der Waals surface area contributed by atoms with E-state index in [-0.39, 0.29) is 132 Å². The first-order valence-electron chi connectivity index (χ1n) is 43.5. The van der Waals surface area contributed by atoms with Gasteiger partial charge in [-0.3, -0.25) is 70.7 Å². The minimum absolute atomic E-state index is 0. The molecule has 0 aromatic heterocycles. The number of cyclic esters (lactones) is 2. The minimum atomic E-state index is -6.63. The van der Waals surface area contributed by atoms with E-state index in [1.165, 1.54) is 34.7 Å². The van der Waals surface area contributed by atoms with Gasteiger partial charge in [-0.25, -0.2) is 9.59 Å². The molecular formula is C84H125F18N2O35S5+5. The predicted molar refractivity (Wildman–Crippen MR) is 465 cm³/mol. The number of halogens is 18. The van der Waals surface area contributed by atoms with Crippen LogP contribution in [0.1, 0.15) is 208 Å². The van der Waals surface area contributed by atoms with Crippen LogP contribution >= 0.6 is 0 Å². The third kappa shape index (κ3) is 31.9. The van der Waals surface area contributed by atoms with Gasteiger partial charge in [0.05, 0.1) is 75.1 Å². The van der Waals surface area contributed by atoms with Crippen LogP contribution in [0.4, 0.5) is 79.0 Å². The van der Waals surface area contributed by atoms with Gasteiger partial charge in [0, 0.05) is 130 Å². The van der Waals surface area contributed by atoms with Gasteiger partial charge in [-0.2, -0.15) is 121 Å². The van der Waals surface area contributed by atoms with Crippen molar-refractivity contribution in [2.24, 2.45) is 94.7 Å². The fourth-order valence-corrected chi connectivity index (χ4v) is 20.8. The van der Waals surface area contributed by atoms with E-state index in [9.17, 15) is 179 Å². The summed E-state index contributed by atoms with van der Waals surface area (Å²) in [5.41, 5.74) is 0. The summed E-state index contributed by atoms with van der Waals surface area (Å²) in [6, 6.07) is -0.264. The summed E-state index contributed by atoms with van der Waals surface area (Å²) in [4.78, 5) is 144. The van der Waals surface area contributed by atoms with Crippen molar-refractivity contribution in [3.8, 4) is 0 Å². The van der Waals surface area contributed by atoms with Crippen molar-refractivity contribution in [3.05, 3.63) is 37.1 Å². The van der Waals surface area contributed by atoms with Crippen molar-refractivity contribution >= 4 is 122 Å². The summed E-state index contributed by atoms with van der Waals surface area (Å²) >= 11 is 0. The Labute approximate surface area is 822 Å². The molecule has 0 aromatic carbocycles. The Morgan fingerprint density at radius 3 is 1.08 bits per heavy atom. The van der Waals surface area contributed by atoms with Crippen molar-refractivity contribution < 1.29 is 239 Å². The molecule has 17 atom stereocenters. The van der Waals surface area contributed by atoms with Crippen LogP contribution < -0.4 is 10.6 Å². The molecule has 0 bridgehead atoms. The van der Waals surface area contributed by atoms with Crippen LogP contribution in [0, 0.1) is 132 Å². The highest BCUT2D eigenvalue weighted by atomic mass is 32.2. The van der Waals surface area contributed by atoms with E-state index >= 15 is 0 Å². The van der Waals surface area contributed by atoms with Gasteiger partial charge in [-0.1, -0.05) is 58.3 Å². The number of Topliss-reactive ketones (excluding diaryl/α,β-unsaturated/α-hetero) is 2. The van der Waals surface area contributed by atoms with E-state index in [2.05, 4.69) is 29.6 Å². The van der Waals surface area contributed by atoms with Gasteiger partial charge in [0.15, 0.2) is 0 Å². The fourth-order valence-electron chi connectivity index (χ4n) is 18.4. The van der Waals surface area contributed by atoms with Crippen molar-refractivity contribution in [1.82, 2.24) is 10.6 Å². The highest BCUT2D eigenvalue weighted by Crippen LogP contribution is 2.59. The van der Waals surface area contributed by atoms with Crippen LogP contribution in [0.25, 0.3) is 0 Å². The fraction of sp³-hybridized carbons (Fsp3) is 0.798. The highest BCUT2D eigenvalue weighted by Gasteiger charge is 2.76. The van der Waals surface area contributed by atoms with Crippen LogP contribution in [0.3, 0.4) is 0 Å². The normalized spacial score (nSPS) is 26.5. The van der Waals surface area contributed by atoms with E-state index in [0.29, 0.717) is 12.8 Å². The zero-order valence-corrected chi connectivity index (χ0v) is 84.5. The summed E-state index contributed by atoms with van der Waals surface area (Å²) in [6.07, 6.45) is -2.25. The molecule has 144 heavy (non-hydrogen) atoms. The number of hydrogen-bond acceptors (Lipinski definition) is 30. The van der Waals surface area contributed by atoms with Crippen LogP contribution in [-0.2, 0) is 146 Å². The second-order valence-corrected chi connectivity index (χ2v) is 43.2. The van der Waals surface area contributed by atoms with E-state index in [4.69, 9.17) is 41.7 Å². The van der Waals surface area contributed by atoms with Crippen molar-refractivity contribution in [2.75, 3.05) is 34.5 Å². The van der Waals surface area contributed by atoms with Gasteiger partial charge in [0.2, 0.25) is 24.0 Å². The predicted octanol–water partition coefficient (Wildman–Crippen LogP) is 13.2. The molecule has 7 N–H and O–H groups in total. The van der Waals surface area contributed by atoms with E-state index in [1.807, 2.05) is 0 Å². The molecule has 17 unspecified atom stereocenters. The second kappa shape index (κ2) is 52.7. The first-order valence-corrected chi connectivity index (χ1v) is 50.7. The Morgan fingerprint density at radius 1 is 0.375 bits per heavy atom. The Hall–Kier alpha value is -8.32. The number of nitrogens with one attached hydrogen (secondary N) is 2. The second-order valence-electron chi connectivity index (χ2n) is 35.8. The number of hydrogen-bond donors (Lipinski definition) is 7. The van der Waals surface area contributed by atoms with Crippen LogP contribution in [-0.4, -0.2) is 251 Å². The lowest BCUT2D eigenvalue weighted by Gasteiger charge is -2.40. The number of rotatable bonds is 33. The molecule has 0 radical (unpaired) electrons. The quantitative estimate of drug-likeness (QED) is 0.0105. The van der Waals surface area contributed by atoms with Crippen molar-refractivity contribution in [2.45, 2.75) is 288 Å². The number of carbonyl (C=O) groups excluding carboxylic acids is 12. The van der Waals surface area contributed by atoms with Crippen LogP contribution in [0.5, 0.6) is 0 Å². The zero-order valence-electron chi connectivity index (χ0n) is 80.5. The summed E-state index contributed by atoms with van der Waals surface area (Å²) in [7, 11) is -28.4. The number of ether oxygens (including phenoxy) is 8. The average Bonchev–Trinajstić information content (AvgIpc) is 1.22. The van der Waals surface area contributed by atoms with Crippen LogP contribution in [0.15, 0.2) is 0 Å². The lowest BCUT2D eigenvalue weighted by atomic mass is 9.71. The smallest absolute Gasteiger partial charge is 0.431 e. The number of ketones is 2. The summed E-state index contributed by atoms with van der Waals surface area (Å²) < 4.78 is 444. The van der Waals surface area contributed by atoms with Gasteiger partial charge in [0.1, 0.15) is 11.6 Å². The molecule has 2 aliphatic heterocycles. The average molecular weight is 2230 g/mol. The van der Waals surface area contributed by atoms with Crippen molar-refractivity contribution in [3.63, 3.8) is 0 Å². The summed E-state index contributed by atoms with van der Waals surface area (Å²) in [5, 5.41) is -22.8. The first-order chi connectivity index (χ1) is 63.4. The number of esters is 8. The van der Waals surface area contributed by atoms with Gasteiger partial charge in [0.25, 0.3) is 0 Å². The zero-order chi connectivity index (χ0) is 107. The van der Waals surface area contributed by atoms with E-state index in [0.717, 1.165) is 65.6 Å². The maximum absolute atomic E-state index is 14.9. The maximum Gasteiger partial charge on any atom is 0.431 e. The third-order valence-electron chi connectivity index (χ3n) is 25.8. The number of amides is 2. The maximum atomic E-state index is 14.9. The van der Waals surface area contributed by atoms with E-state index in [1.54, 1.807) is 6.92 Å². The lowest BCUT2D eigenvalue weighted by molar-refractivity contribution is -0.219. The standard InChI is InChI=1S/C22H33F4NO5S.C17H18F4O11S.C16H24F4O7S.C12H16F4O7S.C12H19F2NO5S.5CH3/c23-21(24,22(25,26)33(30,31)32)18-13-15(19(28)11-14-7-3-1-4-8-14)12-17(18)20(29)27-16-9-5-2-6-10-16;18-16(19,17(20,21)33(26,27)28)9-6-7(12(22)31-10-1-3-29-14(10)24)5-8(9)13(23)32-11-2-4-30-15(11)25;1-8(2)26-13(21)10-5-6-11(14(22)27-9(3)4)12(7-10)15(17,18)16(19,20)28(23,24)25;1-22-9(17)6-3-4-7(10(18)23-2)8(5-6)11(13,14)12(15,16)24(19,20)21;1-3-10(16)7-4-8(9(5-7)11(17)15-2)6-12(13,14)21(18,19)20;;;;;/h14-18H,1-13H2,(H,27,29)(H,30,31,32);7-11H,1-6H2,(H,26,27,28);8-12H,5-7H2,1-4H3,(H,23,24,25);6-8H,3-5H2,1-2H3,(H,19,20,21);7-9H,3-6H2,1-2H3,(H,15,17)(H,18,19,20);5*1H3/q;;;;;5*+1. The summed E-state index contributed by atoms with van der Waals surface area (Å²) in [5.74, 6) is -57.3. The molecule has 9 fully saturated rings. The van der Waals surface area contributed by atoms with Crippen LogP contribution in [0.2, 0.25) is 0 Å². The minimum Gasteiger partial charge on any atom is -0.469 e. The molecule has 9 rings (SSSR count). The Kier molecular flexibility index (Phi) is 49.7. The molecule has 7 saturated carbocycles. The van der Waals surface area contributed by atoms with Gasteiger partial charge in [-0.05, 0) is 129 Å². The highest BCUT2D eigenvalue weighted by molar-refractivity contribution is 7.88. The molecule has 0 aromatic rings. The molecule has 2 heterocycles. The molecule has 832 valence electrons. The van der Waals surface area contributed by atoms with Gasteiger partial charge >= 0.3 is 148 Å². The largest absolute Gasteiger partial charge is 0.469 e. The summed E-state index contributed by atoms with van der Waals surface area (Å²) in [6.45, 7) is 7.26. The Balaban J connectivity index is 0.00000178. The topological polar surface area (TPSA) is 575 Å². The molecule has 9 aliphatic rings.